The van der Waals surface area contributed by atoms with E-state index in [0.717, 1.165) is 0 Å². The minimum atomic E-state index is -0.768. The first kappa shape index (κ1) is 19.1. The number of amides is 1. The van der Waals surface area contributed by atoms with Crippen molar-refractivity contribution in [1.29, 1.82) is 0 Å². The van der Waals surface area contributed by atoms with E-state index >= 15 is 0 Å². The number of pyridine rings is 1. The quantitative estimate of drug-likeness (QED) is 0.541. The molecule has 0 saturated carbocycles. The van der Waals surface area contributed by atoms with Gasteiger partial charge in [0.15, 0.2) is 5.71 Å². The lowest BCUT2D eigenvalue weighted by atomic mass is 10.1. The van der Waals surface area contributed by atoms with Crippen molar-refractivity contribution in [3.8, 4) is 5.88 Å². The van der Waals surface area contributed by atoms with Crippen molar-refractivity contribution in [3.05, 3.63) is 23.9 Å². The molecule has 1 heterocycles. The van der Waals surface area contributed by atoms with Crippen molar-refractivity contribution in [1.82, 2.24) is 4.98 Å². The van der Waals surface area contributed by atoms with Crippen molar-refractivity contribution in [3.63, 3.8) is 0 Å². The minimum Gasteiger partial charge on any atom is -0.396 e. The van der Waals surface area contributed by atoms with Gasteiger partial charge in [0.25, 0.3) is 11.8 Å². The number of nitrogens with zero attached hydrogens (tertiary/aromatic N) is 4. The van der Waals surface area contributed by atoms with Crippen LogP contribution in [-0.2, 0) is 14.5 Å². The Kier molecular flexibility index (Phi) is 7.89. The third-order valence-corrected chi connectivity index (χ3v) is 2.67. The number of primary amides is 1. The van der Waals surface area contributed by atoms with Crippen LogP contribution < -0.4 is 10.6 Å². The number of carbonyl (C=O) groups is 1. The first-order valence-corrected chi connectivity index (χ1v) is 7.34. The molecule has 0 saturated heterocycles. The summed E-state index contributed by atoms with van der Waals surface area (Å²) in [5.41, 5.74) is 6.54. The molecule has 0 unspecified atom stereocenters. The normalized spacial score (nSPS) is 12.8. The topological polar surface area (TPSA) is 121 Å². The van der Waals surface area contributed by atoms with Crippen LogP contribution in [0.4, 0.5) is 0 Å². The molecule has 24 heavy (non-hydrogen) atoms. The molecule has 1 aromatic rings. The molecule has 1 rings (SSSR count). The Hall–Kier alpha value is -2.97. The smallest absolute Gasteiger partial charge is 0.271 e. The summed E-state index contributed by atoms with van der Waals surface area (Å²) in [6, 6.07) is 3.20. The maximum atomic E-state index is 11.6. The third-order valence-electron chi connectivity index (χ3n) is 2.67. The van der Waals surface area contributed by atoms with Crippen molar-refractivity contribution < 1.29 is 19.3 Å². The van der Waals surface area contributed by atoms with Crippen LogP contribution in [0.2, 0.25) is 0 Å². The van der Waals surface area contributed by atoms with Gasteiger partial charge in [0.1, 0.15) is 24.6 Å². The Bertz CT molecular complexity index is 655. The van der Waals surface area contributed by atoms with E-state index in [1.807, 2.05) is 6.92 Å². The summed E-state index contributed by atoms with van der Waals surface area (Å²) in [5, 5.41) is 11.5. The highest BCUT2D eigenvalue weighted by Crippen LogP contribution is 2.16. The predicted octanol–water partition coefficient (Wildman–Crippen LogP) is 1.47. The Morgan fingerprint density at radius 2 is 1.75 bits per heavy atom. The van der Waals surface area contributed by atoms with Gasteiger partial charge < -0.3 is 20.2 Å². The molecule has 0 aliphatic heterocycles. The monoisotopic (exact) mass is 335 g/mol. The molecular weight excluding hydrogens is 314 g/mol. The summed E-state index contributed by atoms with van der Waals surface area (Å²) in [6.07, 6.45) is 1.49. The Morgan fingerprint density at radius 1 is 1.12 bits per heavy atom. The molecule has 130 valence electrons. The lowest BCUT2D eigenvalue weighted by Gasteiger charge is -2.07. The van der Waals surface area contributed by atoms with Gasteiger partial charge in [0, 0.05) is 6.20 Å². The van der Waals surface area contributed by atoms with Crippen LogP contribution in [0.25, 0.3) is 0 Å². The number of carbonyl (C=O) groups excluding carboxylic acids is 1. The second kappa shape index (κ2) is 9.93. The van der Waals surface area contributed by atoms with E-state index in [9.17, 15) is 4.79 Å². The predicted molar refractivity (Wildman–Crippen MR) is 90.1 cm³/mol. The fourth-order valence-corrected chi connectivity index (χ4v) is 1.40. The van der Waals surface area contributed by atoms with Crippen LogP contribution in [0.3, 0.4) is 0 Å². The van der Waals surface area contributed by atoms with Gasteiger partial charge in [-0.15, -0.1) is 0 Å². The van der Waals surface area contributed by atoms with Crippen LogP contribution in [0.5, 0.6) is 5.88 Å². The number of hydrogen-bond donors (Lipinski definition) is 1. The summed E-state index contributed by atoms with van der Waals surface area (Å²) in [7, 11) is 0. The molecule has 0 spiro atoms. The Labute approximate surface area is 140 Å². The average Bonchev–Trinajstić information content (AvgIpc) is 2.58. The van der Waals surface area contributed by atoms with E-state index in [2.05, 4.69) is 20.5 Å². The number of oxime groups is 3. The van der Waals surface area contributed by atoms with Gasteiger partial charge in [-0.05, 0) is 39.8 Å². The summed E-state index contributed by atoms with van der Waals surface area (Å²) in [4.78, 5) is 30.8. The second-order valence-electron chi connectivity index (χ2n) is 4.44. The van der Waals surface area contributed by atoms with Crippen LogP contribution in [-0.4, -0.2) is 41.2 Å². The molecule has 0 radical (unpaired) electrons. The third kappa shape index (κ3) is 5.67. The van der Waals surface area contributed by atoms with E-state index in [1.54, 1.807) is 32.9 Å². The van der Waals surface area contributed by atoms with Gasteiger partial charge in [-0.25, -0.2) is 4.98 Å². The molecule has 1 amide bonds. The van der Waals surface area contributed by atoms with Crippen molar-refractivity contribution in [2.75, 3.05) is 13.2 Å². The van der Waals surface area contributed by atoms with Gasteiger partial charge in [0.05, 0.1) is 5.56 Å². The van der Waals surface area contributed by atoms with Crippen molar-refractivity contribution >= 4 is 23.0 Å². The lowest BCUT2D eigenvalue weighted by molar-refractivity contribution is -0.112. The maximum Gasteiger partial charge on any atom is 0.271 e. The number of hydrogen-bond acceptors (Lipinski definition) is 8. The molecule has 1 aromatic heterocycles. The van der Waals surface area contributed by atoms with E-state index in [1.165, 1.54) is 6.20 Å². The zero-order valence-corrected chi connectivity index (χ0v) is 14.1. The van der Waals surface area contributed by atoms with E-state index in [4.69, 9.17) is 20.2 Å². The standard InChI is InChI=1S/C15H21N5O4/c1-5-22-18-10(3)11(4)19-24-15-12(8-7-9-17-15)13(14(16)21)20-23-6-2/h7-9H,5-6H2,1-4H3,(H2,16,21)/b18-10-,19-11+,20-13-. The van der Waals surface area contributed by atoms with Crippen LogP contribution in [0.1, 0.15) is 33.3 Å². The largest absolute Gasteiger partial charge is 0.396 e. The van der Waals surface area contributed by atoms with Gasteiger partial charge in [-0.3, -0.25) is 4.79 Å². The highest BCUT2D eigenvalue weighted by Gasteiger charge is 2.18. The van der Waals surface area contributed by atoms with E-state index < -0.39 is 5.91 Å². The first-order valence-electron chi connectivity index (χ1n) is 7.34. The van der Waals surface area contributed by atoms with Gasteiger partial charge in [0.2, 0.25) is 0 Å². The fourth-order valence-electron chi connectivity index (χ4n) is 1.40. The molecule has 0 fully saturated rings. The summed E-state index contributed by atoms with van der Waals surface area (Å²) >= 11 is 0. The van der Waals surface area contributed by atoms with E-state index in [-0.39, 0.29) is 23.8 Å². The highest BCUT2D eigenvalue weighted by atomic mass is 16.6. The summed E-state index contributed by atoms with van der Waals surface area (Å²) < 4.78 is 0. The Balaban J connectivity index is 3.08. The molecule has 0 bridgehead atoms. The van der Waals surface area contributed by atoms with Gasteiger partial charge in [-0.1, -0.05) is 15.5 Å². The molecule has 0 atom stereocenters. The summed E-state index contributed by atoms with van der Waals surface area (Å²) in [5.74, 6) is -0.700. The Morgan fingerprint density at radius 3 is 2.38 bits per heavy atom. The zero-order valence-electron chi connectivity index (χ0n) is 14.1. The number of nitrogens with two attached hydrogens (primary N) is 1. The molecule has 9 heteroatoms. The number of rotatable bonds is 9. The van der Waals surface area contributed by atoms with Gasteiger partial charge in [-0.2, -0.15) is 0 Å². The molecule has 9 nitrogen and oxygen atoms in total. The van der Waals surface area contributed by atoms with Crippen LogP contribution in [0, 0.1) is 0 Å². The summed E-state index contributed by atoms with van der Waals surface area (Å²) in [6.45, 7) is 7.72. The number of aromatic nitrogens is 1. The average molecular weight is 335 g/mol. The molecule has 0 aliphatic rings. The van der Waals surface area contributed by atoms with Gasteiger partial charge >= 0.3 is 0 Å². The maximum absolute atomic E-state index is 11.6. The zero-order chi connectivity index (χ0) is 17.9. The molecule has 0 aliphatic carbocycles. The van der Waals surface area contributed by atoms with E-state index in [0.29, 0.717) is 18.0 Å². The fraction of sp³-hybridized carbons (Fsp3) is 0.400. The van der Waals surface area contributed by atoms with Crippen LogP contribution >= 0.6 is 0 Å². The highest BCUT2D eigenvalue weighted by molar-refractivity contribution is 6.45. The second-order valence-corrected chi connectivity index (χ2v) is 4.44. The molecule has 2 N–H and O–H groups in total. The van der Waals surface area contributed by atoms with Crippen LogP contribution in [0.15, 0.2) is 33.8 Å². The molecular formula is C15H21N5O4. The van der Waals surface area contributed by atoms with Crippen molar-refractivity contribution in [2.45, 2.75) is 27.7 Å². The SMILES string of the molecule is CCO/N=C(C)\C(C)=N\Oc1ncccc1/C(=N/OCC)C(N)=O. The minimum absolute atomic E-state index is 0.0679. The molecule has 0 aromatic carbocycles. The first-order chi connectivity index (χ1) is 11.5. The lowest BCUT2D eigenvalue weighted by Crippen LogP contribution is -2.25. The van der Waals surface area contributed by atoms with Crippen molar-refractivity contribution in [2.24, 2.45) is 21.2 Å².